The molecule has 1 aromatic rings. The summed E-state index contributed by atoms with van der Waals surface area (Å²) in [5.74, 6) is 0.775. The molecule has 0 spiro atoms. The molecule has 1 aliphatic rings. The van der Waals surface area contributed by atoms with E-state index in [1.165, 1.54) is 18.4 Å². The summed E-state index contributed by atoms with van der Waals surface area (Å²) in [6.07, 6.45) is 2.49. The number of rotatable bonds is 5. The van der Waals surface area contributed by atoms with Crippen molar-refractivity contribution in [2.24, 2.45) is 5.92 Å². The molecule has 2 rings (SSSR count). The third-order valence-corrected chi connectivity index (χ3v) is 3.95. The molecule has 0 amide bonds. The Morgan fingerprint density at radius 2 is 2.31 bits per heavy atom. The maximum absolute atomic E-state index is 6.04. The van der Waals surface area contributed by atoms with Crippen LogP contribution in [0.25, 0.3) is 0 Å². The Morgan fingerprint density at radius 3 is 3.00 bits per heavy atom. The number of nitrogens with one attached hydrogen (secondary N) is 1. The zero-order valence-corrected chi connectivity index (χ0v) is 10.8. The predicted octanol–water partition coefficient (Wildman–Crippen LogP) is 3.62. The number of hydrogen-bond acceptors (Lipinski definition) is 1. The van der Waals surface area contributed by atoms with Crippen molar-refractivity contribution in [2.45, 2.75) is 32.1 Å². The SMILES string of the molecule is CCCNCC1CC1(C)c1cccc(Cl)c1. The summed E-state index contributed by atoms with van der Waals surface area (Å²) in [7, 11) is 0. The van der Waals surface area contributed by atoms with Crippen LogP contribution in [0.2, 0.25) is 5.02 Å². The highest BCUT2D eigenvalue weighted by molar-refractivity contribution is 6.30. The lowest BCUT2D eigenvalue weighted by Crippen LogP contribution is -2.20. The molecule has 1 nitrogen and oxygen atoms in total. The molecule has 88 valence electrons. The molecule has 0 aliphatic heterocycles. The maximum Gasteiger partial charge on any atom is 0.0408 e. The minimum Gasteiger partial charge on any atom is -0.316 e. The first-order valence-corrected chi connectivity index (χ1v) is 6.51. The van der Waals surface area contributed by atoms with E-state index in [0.29, 0.717) is 5.41 Å². The van der Waals surface area contributed by atoms with E-state index >= 15 is 0 Å². The van der Waals surface area contributed by atoms with Crippen LogP contribution >= 0.6 is 11.6 Å². The summed E-state index contributed by atoms with van der Waals surface area (Å²) < 4.78 is 0. The first-order chi connectivity index (χ1) is 7.66. The second-order valence-corrected chi connectivity index (χ2v) is 5.47. The van der Waals surface area contributed by atoms with Crippen molar-refractivity contribution in [2.75, 3.05) is 13.1 Å². The fourth-order valence-corrected chi connectivity index (χ4v) is 2.59. The first kappa shape index (κ1) is 11.9. The molecule has 2 heteroatoms. The highest BCUT2D eigenvalue weighted by Crippen LogP contribution is 2.53. The fourth-order valence-electron chi connectivity index (χ4n) is 2.40. The van der Waals surface area contributed by atoms with Crippen LogP contribution in [-0.4, -0.2) is 13.1 Å². The standard InChI is InChI=1S/C14H20ClN/c1-3-7-16-10-12-9-14(12,2)11-5-4-6-13(15)8-11/h4-6,8,12,16H,3,7,9-10H2,1-2H3. The minimum atomic E-state index is 0.353. The third kappa shape index (κ3) is 2.41. The van der Waals surface area contributed by atoms with Gasteiger partial charge in [0.05, 0.1) is 0 Å². The van der Waals surface area contributed by atoms with E-state index in [1.807, 2.05) is 6.07 Å². The summed E-state index contributed by atoms with van der Waals surface area (Å²) in [5, 5.41) is 4.36. The minimum absolute atomic E-state index is 0.353. The van der Waals surface area contributed by atoms with E-state index in [9.17, 15) is 0 Å². The molecule has 0 heterocycles. The van der Waals surface area contributed by atoms with Gasteiger partial charge in [-0.25, -0.2) is 0 Å². The van der Waals surface area contributed by atoms with Gasteiger partial charge in [0.2, 0.25) is 0 Å². The van der Waals surface area contributed by atoms with Gasteiger partial charge in [-0.15, -0.1) is 0 Å². The molecule has 0 bridgehead atoms. The quantitative estimate of drug-likeness (QED) is 0.772. The summed E-state index contributed by atoms with van der Waals surface area (Å²) in [6.45, 7) is 6.81. The van der Waals surface area contributed by atoms with E-state index in [0.717, 1.165) is 24.0 Å². The average Bonchev–Trinajstić information content (AvgIpc) is 2.92. The van der Waals surface area contributed by atoms with Gasteiger partial charge in [0.25, 0.3) is 0 Å². The Kier molecular flexibility index (Phi) is 3.56. The topological polar surface area (TPSA) is 12.0 Å². The highest BCUT2D eigenvalue weighted by Gasteiger charge is 2.50. The molecule has 0 aromatic heterocycles. The highest BCUT2D eigenvalue weighted by atomic mass is 35.5. The molecule has 1 fully saturated rings. The van der Waals surface area contributed by atoms with Gasteiger partial charge in [0.15, 0.2) is 0 Å². The van der Waals surface area contributed by atoms with Gasteiger partial charge < -0.3 is 5.32 Å². The second-order valence-electron chi connectivity index (χ2n) is 5.03. The normalized spacial score (nSPS) is 28.1. The second kappa shape index (κ2) is 4.77. The van der Waals surface area contributed by atoms with Crippen molar-refractivity contribution in [3.05, 3.63) is 34.9 Å². The summed E-state index contributed by atoms with van der Waals surface area (Å²) in [4.78, 5) is 0. The average molecular weight is 238 g/mol. The van der Waals surface area contributed by atoms with E-state index in [1.54, 1.807) is 0 Å². The molecule has 0 saturated heterocycles. The van der Waals surface area contributed by atoms with E-state index in [-0.39, 0.29) is 0 Å². The van der Waals surface area contributed by atoms with Gasteiger partial charge in [0, 0.05) is 5.02 Å². The van der Waals surface area contributed by atoms with Gasteiger partial charge in [-0.1, -0.05) is 37.6 Å². The van der Waals surface area contributed by atoms with Crippen molar-refractivity contribution in [1.82, 2.24) is 5.32 Å². The van der Waals surface area contributed by atoms with E-state index in [2.05, 4.69) is 37.4 Å². The number of halogens is 1. The van der Waals surface area contributed by atoms with Crippen molar-refractivity contribution >= 4 is 11.6 Å². The fraction of sp³-hybridized carbons (Fsp3) is 0.571. The molecule has 0 radical (unpaired) electrons. The van der Waals surface area contributed by atoms with Gasteiger partial charge in [-0.2, -0.15) is 0 Å². The van der Waals surface area contributed by atoms with Crippen molar-refractivity contribution in [3.8, 4) is 0 Å². The molecule has 2 unspecified atom stereocenters. The van der Waals surface area contributed by atoms with Gasteiger partial charge in [-0.3, -0.25) is 0 Å². The molecular weight excluding hydrogens is 218 g/mol. The molecule has 1 aliphatic carbocycles. The molecule has 2 atom stereocenters. The van der Waals surface area contributed by atoms with Crippen LogP contribution in [0.5, 0.6) is 0 Å². The van der Waals surface area contributed by atoms with Crippen LogP contribution in [0.15, 0.2) is 24.3 Å². The van der Waals surface area contributed by atoms with Crippen LogP contribution in [0.4, 0.5) is 0 Å². The monoisotopic (exact) mass is 237 g/mol. The van der Waals surface area contributed by atoms with Crippen LogP contribution in [0.1, 0.15) is 32.3 Å². The Morgan fingerprint density at radius 1 is 1.50 bits per heavy atom. The molecule has 1 saturated carbocycles. The van der Waals surface area contributed by atoms with Crippen molar-refractivity contribution in [3.63, 3.8) is 0 Å². The van der Waals surface area contributed by atoms with E-state index < -0.39 is 0 Å². The van der Waals surface area contributed by atoms with E-state index in [4.69, 9.17) is 11.6 Å². The Labute approximate surface area is 103 Å². The van der Waals surface area contributed by atoms with Crippen LogP contribution in [-0.2, 0) is 5.41 Å². The Bertz CT molecular complexity index is 364. The lowest BCUT2D eigenvalue weighted by Gasteiger charge is -2.12. The summed E-state index contributed by atoms with van der Waals surface area (Å²) in [6, 6.07) is 8.31. The van der Waals surface area contributed by atoms with Crippen molar-refractivity contribution in [1.29, 1.82) is 0 Å². The van der Waals surface area contributed by atoms with Crippen LogP contribution in [0.3, 0.4) is 0 Å². The summed E-state index contributed by atoms with van der Waals surface area (Å²) in [5.41, 5.74) is 1.74. The Hall–Kier alpha value is -0.530. The number of benzene rings is 1. The third-order valence-electron chi connectivity index (χ3n) is 3.71. The van der Waals surface area contributed by atoms with Crippen LogP contribution < -0.4 is 5.32 Å². The predicted molar refractivity (Wildman–Crippen MR) is 70.1 cm³/mol. The Balaban J connectivity index is 1.96. The smallest absolute Gasteiger partial charge is 0.0408 e. The zero-order chi connectivity index (χ0) is 11.6. The lowest BCUT2D eigenvalue weighted by molar-refractivity contribution is 0.575. The molecular formula is C14H20ClN. The van der Waals surface area contributed by atoms with Gasteiger partial charge in [0.1, 0.15) is 0 Å². The maximum atomic E-state index is 6.04. The molecule has 1 aromatic carbocycles. The molecule has 1 N–H and O–H groups in total. The largest absolute Gasteiger partial charge is 0.316 e. The lowest BCUT2D eigenvalue weighted by atomic mass is 9.95. The zero-order valence-electron chi connectivity index (χ0n) is 10.1. The summed E-state index contributed by atoms with van der Waals surface area (Å²) >= 11 is 6.04. The van der Waals surface area contributed by atoms with Crippen LogP contribution in [0, 0.1) is 5.92 Å². The van der Waals surface area contributed by atoms with Crippen molar-refractivity contribution < 1.29 is 0 Å². The first-order valence-electron chi connectivity index (χ1n) is 6.13. The van der Waals surface area contributed by atoms with Gasteiger partial charge in [-0.05, 0) is 55.0 Å². The number of hydrogen-bond donors (Lipinski definition) is 1. The molecule has 16 heavy (non-hydrogen) atoms. The van der Waals surface area contributed by atoms with Gasteiger partial charge >= 0.3 is 0 Å².